The molecule has 2 aliphatic carbocycles. The molecule has 0 saturated carbocycles. The van der Waals surface area contributed by atoms with E-state index >= 15 is 0 Å². The molecule has 0 bridgehead atoms. The lowest BCUT2D eigenvalue weighted by molar-refractivity contribution is 1.51. The van der Waals surface area contributed by atoms with Gasteiger partial charge in [-0.05, 0) is 112 Å². The van der Waals surface area contributed by atoms with Gasteiger partial charge < -0.3 is 0 Å². The van der Waals surface area contributed by atoms with Crippen molar-refractivity contribution in [3.8, 4) is 33.4 Å². The van der Waals surface area contributed by atoms with E-state index < -0.39 is 0 Å². The van der Waals surface area contributed by atoms with Gasteiger partial charge in [-0.3, -0.25) is 0 Å². The molecule has 54 heavy (non-hydrogen) atoms. The highest BCUT2D eigenvalue weighted by Crippen LogP contribution is 2.63. The molecule has 0 unspecified atom stereocenters. The Labute approximate surface area is 317 Å². The first-order valence-electron chi connectivity index (χ1n) is 18.7. The Balaban J connectivity index is 1.41. The van der Waals surface area contributed by atoms with Gasteiger partial charge in [-0.25, -0.2) is 0 Å². The molecule has 10 rings (SSSR count). The minimum absolute atomic E-state index is 1.21. The zero-order valence-corrected chi connectivity index (χ0v) is 29.8. The second-order valence-electron chi connectivity index (χ2n) is 13.9. The van der Waals surface area contributed by atoms with E-state index in [-0.39, 0.29) is 0 Å². The van der Waals surface area contributed by atoms with Gasteiger partial charge in [0.1, 0.15) is 0 Å². The van der Waals surface area contributed by atoms with Crippen molar-refractivity contribution < 1.29 is 0 Å². The van der Waals surface area contributed by atoms with Gasteiger partial charge in [-0.15, -0.1) is 0 Å². The molecule has 252 valence electrons. The standard InChI is InChI=1S/C54H36/c1-7-21-37(22-8-1)43-33-19-20-34-44(43)52-50(41-29-15-5-16-30-41)51(42-31-17-6-18-32-42)54-49(40-27-13-4-14-28-40)47-35-45(38-23-9-2-10-24-38)46(36-48(47)53(52)54)39-25-11-3-12-26-39/h1-36H. The summed E-state index contributed by atoms with van der Waals surface area (Å²) < 4.78 is 0. The number of fused-ring (bicyclic) bond motifs is 3. The van der Waals surface area contributed by atoms with Gasteiger partial charge in [0.25, 0.3) is 0 Å². The molecule has 0 aliphatic heterocycles. The van der Waals surface area contributed by atoms with Crippen molar-refractivity contribution in [3.05, 3.63) is 257 Å². The van der Waals surface area contributed by atoms with Crippen LogP contribution in [-0.4, -0.2) is 0 Å². The first-order chi connectivity index (χ1) is 26.8. The van der Waals surface area contributed by atoms with E-state index in [2.05, 4.69) is 218 Å². The predicted octanol–water partition coefficient (Wildman–Crippen LogP) is 14.0. The Morgan fingerprint density at radius 2 is 0.426 bits per heavy atom. The second-order valence-corrected chi connectivity index (χ2v) is 13.9. The molecular formula is C54H36. The Hall–Kier alpha value is -7.02. The third-order valence-electron chi connectivity index (χ3n) is 10.8. The summed E-state index contributed by atoms with van der Waals surface area (Å²) in [5, 5.41) is 0. The van der Waals surface area contributed by atoms with Gasteiger partial charge in [0.2, 0.25) is 0 Å². The topological polar surface area (TPSA) is 0 Å². The first kappa shape index (κ1) is 31.7. The highest BCUT2D eigenvalue weighted by molar-refractivity contribution is 6.40. The van der Waals surface area contributed by atoms with Gasteiger partial charge in [0, 0.05) is 0 Å². The molecular weight excluding hydrogens is 649 g/mol. The third kappa shape index (κ3) is 5.31. The van der Waals surface area contributed by atoms with E-state index in [0.29, 0.717) is 0 Å². The fourth-order valence-electron chi connectivity index (χ4n) is 8.54. The van der Waals surface area contributed by atoms with Crippen LogP contribution in [0, 0.1) is 0 Å². The maximum Gasteiger partial charge on any atom is -0.000137 e. The third-order valence-corrected chi connectivity index (χ3v) is 10.8. The van der Waals surface area contributed by atoms with E-state index in [1.54, 1.807) is 0 Å². The molecule has 0 nitrogen and oxygen atoms in total. The highest BCUT2D eigenvalue weighted by Gasteiger charge is 2.41. The molecule has 8 aromatic rings. The molecule has 0 spiro atoms. The minimum Gasteiger partial charge on any atom is -0.0622 e. The van der Waals surface area contributed by atoms with Crippen molar-refractivity contribution in [2.75, 3.05) is 0 Å². The van der Waals surface area contributed by atoms with Crippen molar-refractivity contribution in [1.82, 2.24) is 0 Å². The largest absolute Gasteiger partial charge is 0.0622 e. The van der Waals surface area contributed by atoms with Crippen LogP contribution in [0.25, 0.3) is 61.2 Å². The van der Waals surface area contributed by atoms with Gasteiger partial charge >= 0.3 is 0 Å². The highest BCUT2D eigenvalue weighted by atomic mass is 14.4. The summed E-state index contributed by atoms with van der Waals surface area (Å²) in [4.78, 5) is 0. The minimum atomic E-state index is 1.21. The lowest BCUT2D eigenvalue weighted by Crippen LogP contribution is -1.98. The number of allylic oxidation sites excluding steroid dienone is 5. The Kier molecular flexibility index (Phi) is 7.93. The summed E-state index contributed by atoms with van der Waals surface area (Å²) in [7, 11) is 0. The van der Waals surface area contributed by atoms with E-state index in [9.17, 15) is 0 Å². The van der Waals surface area contributed by atoms with Crippen LogP contribution in [0.3, 0.4) is 0 Å². The summed E-state index contributed by atoms with van der Waals surface area (Å²) in [6, 6.07) is 79.6. The Morgan fingerprint density at radius 1 is 0.148 bits per heavy atom. The number of rotatable bonds is 7. The van der Waals surface area contributed by atoms with Crippen LogP contribution in [0.15, 0.2) is 224 Å². The lowest BCUT2D eigenvalue weighted by Gasteiger charge is -2.20. The van der Waals surface area contributed by atoms with Crippen LogP contribution in [0.2, 0.25) is 0 Å². The molecule has 0 radical (unpaired) electrons. The van der Waals surface area contributed by atoms with Crippen LogP contribution < -0.4 is 0 Å². The van der Waals surface area contributed by atoms with Crippen molar-refractivity contribution in [2.24, 2.45) is 0 Å². The quantitative estimate of drug-likeness (QED) is 0.157. The average Bonchev–Trinajstić information content (AvgIpc) is 3.77. The smallest absolute Gasteiger partial charge is 0.000137 e. The summed E-state index contributed by atoms with van der Waals surface area (Å²) in [5.74, 6) is 0. The zero-order chi connectivity index (χ0) is 35.8. The Bertz CT molecular complexity index is 2740. The van der Waals surface area contributed by atoms with E-state index in [1.807, 2.05) is 0 Å². The van der Waals surface area contributed by atoms with Crippen LogP contribution in [0.1, 0.15) is 33.4 Å². The molecule has 0 N–H and O–H groups in total. The average molecular weight is 685 g/mol. The number of hydrogen-bond donors (Lipinski definition) is 0. The molecule has 0 heteroatoms. The molecule has 0 fully saturated rings. The van der Waals surface area contributed by atoms with Crippen molar-refractivity contribution in [2.45, 2.75) is 0 Å². The van der Waals surface area contributed by atoms with Crippen LogP contribution in [0.5, 0.6) is 0 Å². The van der Waals surface area contributed by atoms with E-state index in [4.69, 9.17) is 0 Å². The van der Waals surface area contributed by atoms with Crippen molar-refractivity contribution in [3.63, 3.8) is 0 Å². The lowest BCUT2D eigenvalue weighted by atomic mass is 9.83. The first-order valence-corrected chi connectivity index (χ1v) is 18.7. The van der Waals surface area contributed by atoms with Crippen LogP contribution >= 0.6 is 0 Å². The molecule has 0 amide bonds. The molecule has 0 aromatic heterocycles. The van der Waals surface area contributed by atoms with Gasteiger partial charge in [0.05, 0.1) is 0 Å². The number of hydrogen-bond acceptors (Lipinski definition) is 0. The predicted molar refractivity (Wildman–Crippen MR) is 228 cm³/mol. The van der Waals surface area contributed by atoms with Crippen molar-refractivity contribution in [1.29, 1.82) is 0 Å². The van der Waals surface area contributed by atoms with E-state index in [1.165, 1.54) is 100 Å². The fourth-order valence-corrected chi connectivity index (χ4v) is 8.54. The fraction of sp³-hybridized carbons (Fsp3) is 0. The van der Waals surface area contributed by atoms with Crippen LogP contribution in [0.4, 0.5) is 0 Å². The van der Waals surface area contributed by atoms with Gasteiger partial charge in [0.15, 0.2) is 0 Å². The van der Waals surface area contributed by atoms with Gasteiger partial charge in [-0.2, -0.15) is 0 Å². The molecule has 0 heterocycles. The Morgan fingerprint density at radius 3 is 0.852 bits per heavy atom. The summed E-state index contributed by atoms with van der Waals surface area (Å²) >= 11 is 0. The molecule has 8 aromatic carbocycles. The molecule has 0 atom stereocenters. The maximum atomic E-state index is 2.49. The van der Waals surface area contributed by atoms with Gasteiger partial charge in [-0.1, -0.05) is 206 Å². The molecule has 2 aliphatic rings. The van der Waals surface area contributed by atoms with E-state index in [0.717, 1.165) is 0 Å². The zero-order valence-electron chi connectivity index (χ0n) is 29.8. The number of benzene rings is 8. The van der Waals surface area contributed by atoms with Crippen LogP contribution in [-0.2, 0) is 0 Å². The normalized spacial score (nSPS) is 13.3. The maximum absolute atomic E-state index is 2.49. The summed E-state index contributed by atoms with van der Waals surface area (Å²) in [6.45, 7) is 0. The molecule has 0 saturated heterocycles. The second kappa shape index (κ2) is 13.5. The SMILES string of the molecule is c1ccc(C2=C(c3ccccc3)C(c3ccccc3-c3ccccc3)=C3C2=C(c2ccccc2)c2cc(-c4ccccc4)c(-c4ccccc4)cc23)cc1. The summed E-state index contributed by atoms with van der Waals surface area (Å²) in [5.41, 5.74) is 22.4. The van der Waals surface area contributed by atoms with Crippen molar-refractivity contribution >= 4 is 27.9 Å². The monoisotopic (exact) mass is 684 g/mol. The summed E-state index contributed by atoms with van der Waals surface area (Å²) in [6.07, 6.45) is 0.